The zero-order valence-electron chi connectivity index (χ0n) is 12.7. The minimum absolute atomic E-state index is 0.121. The molecule has 0 fully saturated rings. The average Bonchev–Trinajstić information content (AvgIpc) is 2.42. The smallest absolute Gasteiger partial charge is 0.303 e. The average molecular weight is 287 g/mol. The topological polar surface area (TPSA) is 59.4 Å². The number of hydrogen-bond donors (Lipinski definition) is 1. The molecule has 2 rings (SSSR count). The van der Waals surface area contributed by atoms with Crippen LogP contribution in [0.1, 0.15) is 31.5 Å². The van der Waals surface area contributed by atoms with Gasteiger partial charge in [-0.15, -0.1) is 0 Å². The van der Waals surface area contributed by atoms with Crippen LogP contribution in [0.3, 0.4) is 0 Å². The fraction of sp³-hybridized carbons (Fsp3) is 0.412. The standard InChI is InChI=1S/C17H21NO3/c1-11(2)10-21-14-5-6-16-15(9-14)13(4-7-17(19)20)8-12(3)18-16/h5-6,8-9,11H,4,7,10H2,1-3H3,(H,19,20). The number of rotatable bonds is 6. The molecule has 1 aromatic carbocycles. The summed E-state index contributed by atoms with van der Waals surface area (Å²) < 4.78 is 5.74. The maximum atomic E-state index is 10.8. The minimum Gasteiger partial charge on any atom is -0.493 e. The molecule has 0 saturated heterocycles. The quantitative estimate of drug-likeness (QED) is 0.882. The zero-order chi connectivity index (χ0) is 15.4. The van der Waals surface area contributed by atoms with Crippen molar-refractivity contribution in [2.75, 3.05) is 6.61 Å². The third-order valence-electron chi connectivity index (χ3n) is 3.19. The summed E-state index contributed by atoms with van der Waals surface area (Å²) in [4.78, 5) is 15.3. The first-order valence-electron chi connectivity index (χ1n) is 7.20. The number of ether oxygens (including phenoxy) is 1. The Morgan fingerprint density at radius 1 is 1.33 bits per heavy atom. The van der Waals surface area contributed by atoms with Crippen LogP contribution < -0.4 is 4.74 Å². The van der Waals surface area contributed by atoms with Crippen molar-refractivity contribution in [2.45, 2.75) is 33.6 Å². The van der Waals surface area contributed by atoms with Gasteiger partial charge in [0.15, 0.2) is 0 Å². The van der Waals surface area contributed by atoms with E-state index in [0.717, 1.165) is 27.9 Å². The second-order valence-corrected chi connectivity index (χ2v) is 5.70. The molecule has 0 saturated carbocycles. The van der Waals surface area contributed by atoms with Gasteiger partial charge in [-0.3, -0.25) is 9.78 Å². The van der Waals surface area contributed by atoms with Crippen molar-refractivity contribution in [3.05, 3.63) is 35.5 Å². The number of aryl methyl sites for hydroxylation is 2. The second kappa shape index (κ2) is 6.57. The Morgan fingerprint density at radius 2 is 2.10 bits per heavy atom. The molecule has 1 aromatic heterocycles. The molecule has 0 aliphatic carbocycles. The van der Waals surface area contributed by atoms with Crippen molar-refractivity contribution in [1.82, 2.24) is 4.98 Å². The number of pyridine rings is 1. The van der Waals surface area contributed by atoms with Gasteiger partial charge in [0.2, 0.25) is 0 Å². The first kappa shape index (κ1) is 15.3. The number of aromatic nitrogens is 1. The monoisotopic (exact) mass is 287 g/mol. The van der Waals surface area contributed by atoms with E-state index in [9.17, 15) is 4.79 Å². The Morgan fingerprint density at radius 3 is 2.76 bits per heavy atom. The Balaban J connectivity index is 2.35. The lowest BCUT2D eigenvalue weighted by Gasteiger charge is -2.11. The van der Waals surface area contributed by atoms with Gasteiger partial charge in [-0.2, -0.15) is 0 Å². The summed E-state index contributed by atoms with van der Waals surface area (Å²) >= 11 is 0. The number of fused-ring (bicyclic) bond motifs is 1. The molecule has 4 heteroatoms. The molecule has 0 radical (unpaired) electrons. The van der Waals surface area contributed by atoms with Gasteiger partial charge in [0, 0.05) is 17.5 Å². The number of carbonyl (C=O) groups is 1. The SMILES string of the molecule is Cc1cc(CCC(=O)O)c2cc(OCC(C)C)ccc2n1. The van der Waals surface area contributed by atoms with Crippen LogP contribution in [0.15, 0.2) is 24.3 Å². The Labute approximate surface area is 124 Å². The highest BCUT2D eigenvalue weighted by molar-refractivity contribution is 5.84. The molecule has 0 atom stereocenters. The van der Waals surface area contributed by atoms with Crippen LogP contribution in [0.2, 0.25) is 0 Å². The molecule has 2 aromatic rings. The molecule has 1 heterocycles. The number of benzene rings is 1. The lowest BCUT2D eigenvalue weighted by Crippen LogP contribution is -2.04. The van der Waals surface area contributed by atoms with E-state index in [-0.39, 0.29) is 6.42 Å². The highest BCUT2D eigenvalue weighted by atomic mass is 16.5. The van der Waals surface area contributed by atoms with E-state index in [4.69, 9.17) is 9.84 Å². The van der Waals surface area contributed by atoms with Crippen molar-refractivity contribution < 1.29 is 14.6 Å². The molecule has 0 aliphatic rings. The van der Waals surface area contributed by atoms with Crippen molar-refractivity contribution in [1.29, 1.82) is 0 Å². The van der Waals surface area contributed by atoms with E-state index in [0.29, 0.717) is 18.9 Å². The third-order valence-corrected chi connectivity index (χ3v) is 3.19. The molecular formula is C17H21NO3. The van der Waals surface area contributed by atoms with E-state index < -0.39 is 5.97 Å². The summed E-state index contributed by atoms with van der Waals surface area (Å²) in [6, 6.07) is 7.76. The van der Waals surface area contributed by atoms with Gasteiger partial charge in [-0.1, -0.05) is 13.8 Å². The molecule has 0 unspecified atom stereocenters. The van der Waals surface area contributed by atoms with Crippen LogP contribution in [0.4, 0.5) is 0 Å². The summed E-state index contributed by atoms with van der Waals surface area (Å²) in [5.41, 5.74) is 2.79. The predicted molar refractivity (Wildman–Crippen MR) is 82.8 cm³/mol. The van der Waals surface area contributed by atoms with Gasteiger partial charge in [0.1, 0.15) is 5.75 Å². The summed E-state index contributed by atoms with van der Waals surface area (Å²) in [5.74, 6) is 0.478. The first-order chi connectivity index (χ1) is 9.95. The van der Waals surface area contributed by atoms with Crippen LogP contribution in [0, 0.1) is 12.8 Å². The van der Waals surface area contributed by atoms with Gasteiger partial charge < -0.3 is 9.84 Å². The normalized spacial score (nSPS) is 11.0. The van der Waals surface area contributed by atoms with Crippen molar-refractivity contribution in [3.8, 4) is 5.75 Å². The van der Waals surface area contributed by atoms with E-state index in [2.05, 4.69) is 18.8 Å². The highest BCUT2D eigenvalue weighted by Crippen LogP contribution is 2.25. The van der Waals surface area contributed by atoms with E-state index in [1.165, 1.54) is 0 Å². The van der Waals surface area contributed by atoms with Gasteiger partial charge in [-0.05, 0) is 49.1 Å². The number of nitrogens with zero attached hydrogens (tertiary/aromatic N) is 1. The molecular weight excluding hydrogens is 266 g/mol. The molecule has 112 valence electrons. The van der Waals surface area contributed by atoms with Gasteiger partial charge >= 0.3 is 5.97 Å². The molecule has 0 spiro atoms. The highest BCUT2D eigenvalue weighted by Gasteiger charge is 2.08. The Kier molecular flexibility index (Phi) is 4.78. The van der Waals surface area contributed by atoms with E-state index in [1.54, 1.807) is 0 Å². The van der Waals surface area contributed by atoms with Crippen LogP contribution in [0.25, 0.3) is 10.9 Å². The van der Waals surface area contributed by atoms with Crippen LogP contribution in [0.5, 0.6) is 5.75 Å². The second-order valence-electron chi connectivity index (χ2n) is 5.70. The number of aliphatic carboxylic acids is 1. The van der Waals surface area contributed by atoms with Gasteiger partial charge in [0.25, 0.3) is 0 Å². The fourth-order valence-corrected chi connectivity index (χ4v) is 2.22. The Bertz CT molecular complexity index is 650. The van der Waals surface area contributed by atoms with Crippen molar-refractivity contribution in [2.24, 2.45) is 5.92 Å². The van der Waals surface area contributed by atoms with Crippen LogP contribution >= 0.6 is 0 Å². The van der Waals surface area contributed by atoms with Gasteiger partial charge in [0.05, 0.1) is 12.1 Å². The van der Waals surface area contributed by atoms with E-state index in [1.807, 2.05) is 31.2 Å². The summed E-state index contributed by atoms with van der Waals surface area (Å²) in [5, 5.41) is 9.85. The summed E-state index contributed by atoms with van der Waals surface area (Å²) in [6.45, 7) is 6.79. The lowest BCUT2D eigenvalue weighted by molar-refractivity contribution is -0.136. The van der Waals surface area contributed by atoms with Crippen molar-refractivity contribution in [3.63, 3.8) is 0 Å². The third kappa shape index (κ3) is 4.18. The van der Waals surface area contributed by atoms with E-state index >= 15 is 0 Å². The molecule has 0 aliphatic heterocycles. The summed E-state index contributed by atoms with van der Waals surface area (Å²) in [7, 11) is 0. The fourth-order valence-electron chi connectivity index (χ4n) is 2.22. The Hall–Kier alpha value is -2.10. The van der Waals surface area contributed by atoms with Crippen LogP contribution in [-0.4, -0.2) is 22.7 Å². The maximum absolute atomic E-state index is 10.8. The van der Waals surface area contributed by atoms with Crippen molar-refractivity contribution >= 4 is 16.9 Å². The molecule has 21 heavy (non-hydrogen) atoms. The molecule has 4 nitrogen and oxygen atoms in total. The number of carboxylic acids is 1. The number of carboxylic acid groups (broad SMARTS) is 1. The number of hydrogen-bond acceptors (Lipinski definition) is 3. The molecule has 0 amide bonds. The maximum Gasteiger partial charge on any atom is 0.303 e. The molecule has 0 bridgehead atoms. The van der Waals surface area contributed by atoms with Crippen LogP contribution in [-0.2, 0) is 11.2 Å². The zero-order valence-corrected chi connectivity index (χ0v) is 12.7. The molecule has 1 N–H and O–H groups in total. The minimum atomic E-state index is -0.787. The largest absolute Gasteiger partial charge is 0.493 e. The lowest BCUT2D eigenvalue weighted by atomic mass is 10.0. The summed E-state index contributed by atoms with van der Waals surface area (Å²) in [6.07, 6.45) is 0.623. The first-order valence-corrected chi connectivity index (χ1v) is 7.20. The van der Waals surface area contributed by atoms with Gasteiger partial charge in [-0.25, -0.2) is 0 Å². The predicted octanol–water partition coefficient (Wildman–Crippen LogP) is 3.60.